The smallest absolute Gasteiger partial charge is 0.224 e. The molecule has 0 radical (unpaired) electrons. The van der Waals surface area contributed by atoms with Crippen LogP contribution in [0.25, 0.3) is 11.2 Å². The quantitative estimate of drug-likeness (QED) is 0.672. The van der Waals surface area contributed by atoms with E-state index in [9.17, 15) is 9.50 Å². The summed E-state index contributed by atoms with van der Waals surface area (Å²) in [7, 11) is 1.44. The Morgan fingerprint density at radius 1 is 1.48 bits per heavy atom. The van der Waals surface area contributed by atoms with Gasteiger partial charge in [0.25, 0.3) is 0 Å². The summed E-state index contributed by atoms with van der Waals surface area (Å²) >= 11 is 0. The van der Waals surface area contributed by atoms with Gasteiger partial charge in [-0.1, -0.05) is 0 Å². The van der Waals surface area contributed by atoms with Crippen LogP contribution in [0.5, 0.6) is 0 Å². The summed E-state index contributed by atoms with van der Waals surface area (Å²) in [6.45, 7) is 0.0734. The van der Waals surface area contributed by atoms with Gasteiger partial charge < -0.3 is 26.0 Å². The molecule has 5 N–H and O–H groups in total. The lowest BCUT2D eigenvalue weighted by Crippen LogP contribution is -2.31. The number of fused-ring (bicyclic) bond motifs is 1. The van der Waals surface area contributed by atoms with Crippen LogP contribution in [0.4, 0.5) is 16.2 Å². The van der Waals surface area contributed by atoms with Crippen LogP contribution in [0.1, 0.15) is 6.23 Å². The minimum absolute atomic E-state index is 0.0517. The molecule has 10 heteroatoms. The second kappa shape index (κ2) is 5.06. The number of aliphatic hydroxyl groups is 1. The molecule has 1 fully saturated rings. The molecule has 0 aromatic carbocycles. The van der Waals surface area contributed by atoms with Crippen molar-refractivity contribution in [3.63, 3.8) is 0 Å². The van der Waals surface area contributed by atoms with E-state index in [0.717, 1.165) is 0 Å². The molecule has 1 saturated heterocycles. The number of nitrogen functional groups attached to an aromatic ring is 2. The number of anilines is 2. The van der Waals surface area contributed by atoms with Crippen molar-refractivity contribution < 1.29 is 19.0 Å². The molecule has 1 aliphatic heterocycles. The molecular weight excluding hydrogens is 283 g/mol. The van der Waals surface area contributed by atoms with Crippen molar-refractivity contribution in [2.45, 2.75) is 24.6 Å². The number of methoxy groups -OCH3 is 1. The monoisotopic (exact) mass is 298 g/mol. The second-order valence-electron chi connectivity index (χ2n) is 4.75. The minimum Gasteiger partial charge on any atom is -0.387 e. The van der Waals surface area contributed by atoms with E-state index in [0.29, 0.717) is 5.52 Å². The SMILES string of the molecule is COC[C@H]1O[C@@H](n2cnc3c(N)nc(N)nc32)[C@@H](F)C1O. The molecule has 0 aliphatic carbocycles. The molecule has 114 valence electrons. The Morgan fingerprint density at radius 2 is 2.24 bits per heavy atom. The summed E-state index contributed by atoms with van der Waals surface area (Å²) in [5, 5.41) is 9.84. The maximum absolute atomic E-state index is 14.3. The van der Waals surface area contributed by atoms with Gasteiger partial charge in [0.1, 0.15) is 17.7 Å². The number of nitrogens with two attached hydrogens (primary N) is 2. The zero-order valence-electron chi connectivity index (χ0n) is 11.2. The number of alkyl halides is 1. The van der Waals surface area contributed by atoms with Crippen molar-refractivity contribution in [3.05, 3.63) is 6.33 Å². The summed E-state index contributed by atoms with van der Waals surface area (Å²) in [6, 6.07) is 0. The molecule has 4 atom stereocenters. The molecule has 2 aromatic rings. The first kappa shape index (κ1) is 13.9. The fourth-order valence-corrected chi connectivity index (χ4v) is 2.37. The highest BCUT2D eigenvalue weighted by Crippen LogP contribution is 2.34. The van der Waals surface area contributed by atoms with Gasteiger partial charge in [0.2, 0.25) is 5.95 Å². The van der Waals surface area contributed by atoms with Gasteiger partial charge in [-0.15, -0.1) is 0 Å². The fourth-order valence-electron chi connectivity index (χ4n) is 2.37. The first-order valence-electron chi connectivity index (χ1n) is 6.25. The van der Waals surface area contributed by atoms with Crippen molar-refractivity contribution >= 4 is 22.9 Å². The zero-order chi connectivity index (χ0) is 15.1. The van der Waals surface area contributed by atoms with Crippen molar-refractivity contribution in [3.8, 4) is 0 Å². The first-order chi connectivity index (χ1) is 10.0. The van der Waals surface area contributed by atoms with Crippen molar-refractivity contribution in [2.24, 2.45) is 0 Å². The van der Waals surface area contributed by atoms with E-state index in [2.05, 4.69) is 15.0 Å². The summed E-state index contributed by atoms with van der Waals surface area (Å²) in [5.41, 5.74) is 11.8. The molecule has 3 heterocycles. The van der Waals surface area contributed by atoms with Gasteiger partial charge in [0, 0.05) is 7.11 Å². The first-order valence-corrected chi connectivity index (χ1v) is 6.25. The van der Waals surface area contributed by atoms with Crippen LogP contribution < -0.4 is 11.5 Å². The maximum Gasteiger partial charge on any atom is 0.224 e. The molecule has 3 rings (SSSR count). The van der Waals surface area contributed by atoms with E-state index in [1.54, 1.807) is 0 Å². The van der Waals surface area contributed by atoms with E-state index in [1.807, 2.05) is 0 Å². The fraction of sp³-hybridized carbons (Fsp3) is 0.545. The second-order valence-corrected chi connectivity index (χ2v) is 4.75. The average molecular weight is 298 g/mol. The number of imidazole rings is 1. The number of nitrogens with zero attached hydrogens (tertiary/aromatic N) is 4. The van der Waals surface area contributed by atoms with E-state index >= 15 is 0 Å². The average Bonchev–Trinajstić information content (AvgIpc) is 2.96. The Labute approximate surface area is 118 Å². The van der Waals surface area contributed by atoms with Crippen LogP contribution in [0, 0.1) is 0 Å². The number of hydrogen-bond acceptors (Lipinski definition) is 8. The van der Waals surface area contributed by atoms with Crippen LogP contribution >= 0.6 is 0 Å². The summed E-state index contributed by atoms with van der Waals surface area (Å²) in [4.78, 5) is 11.8. The molecule has 21 heavy (non-hydrogen) atoms. The molecule has 0 spiro atoms. The number of hydrogen-bond donors (Lipinski definition) is 3. The van der Waals surface area contributed by atoms with Crippen LogP contribution in [-0.4, -0.2) is 56.7 Å². The standard InChI is InChI=1S/C11H15FN6O3/c1-20-2-4-7(19)5(12)10(21-4)18-3-15-6-8(13)16-11(14)17-9(6)18/h3-5,7,10,19H,2H2,1H3,(H4,13,14,16,17)/t4-,5+,7?,10-/m1/s1. The Bertz CT molecular complexity index is 665. The van der Waals surface area contributed by atoms with Crippen LogP contribution in [0.3, 0.4) is 0 Å². The van der Waals surface area contributed by atoms with Crippen LogP contribution in [0.15, 0.2) is 6.33 Å². The lowest BCUT2D eigenvalue weighted by Gasteiger charge is -2.15. The van der Waals surface area contributed by atoms with Gasteiger partial charge in [-0.3, -0.25) is 4.57 Å². The van der Waals surface area contributed by atoms with Crippen molar-refractivity contribution in [1.29, 1.82) is 0 Å². The van der Waals surface area contributed by atoms with Crippen LogP contribution in [-0.2, 0) is 9.47 Å². The van der Waals surface area contributed by atoms with Gasteiger partial charge >= 0.3 is 0 Å². The third-order valence-corrected chi connectivity index (χ3v) is 3.36. The van der Waals surface area contributed by atoms with E-state index in [-0.39, 0.29) is 24.0 Å². The molecule has 0 saturated carbocycles. The lowest BCUT2D eigenvalue weighted by atomic mass is 10.1. The number of aromatic nitrogens is 4. The lowest BCUT2D eigenvalue weighted by molar-refractivity contribution is -0.0543. The highest BCUT2D eigenvalue weighted by molar-refractivity contribution is 5.82. The van der Waals surface area contributed by atoms with Crippen molar-refractivity contribution in [1.82, 2.24) is 19.5 Å². The van der Waals surface area contributed by atoms with Gasteiger partial charge in [0.15, 0.2) is 23.9 Å². The topological polar surface area (TPSA) is 134 Å². The van der Waals surface area contributed by atoms with Gasteiger partial charge in [-0.25, -0.2) is 9.37 Å². The number of ether oxygens (including phenoxy) is 2. The number of aliphatic hydroxyl groups excluding tert-OH is 1. The molecule has 9 nitrogen and oxygen atoms in total. The Hall–Kier alpha value is -2.04. The predicted molar refractivity (Wildman–Crippen MR) is 70.8 cm³/mol. The normalized spacial score (nSPS) is 29.3. The largest absolute Gasteiger partial charge is 0.387 e. The Morgan fingerprint density at radius 3 is 2.95 bits per heavy atom. The summed E-state index contributed by atoms with van der Waals surface area (Å²) < 4.78 is 26.0. The highest BCUT2D eigenvalue weighted by atomic mass is 19.1. The maximum atomic E-state index is 14.3. The molecule has 0 bridgehead atoms. The Balaban J connectivity index is 2.01. The zero-order valence-corrected chi connectivity index (χ0v) is 11.2. The Kier molecular flexibility index (Phi) is 3.35. The molecule has 1 aliphatic rings. The third-order valence-electron chi connectivity index (χ3n) is 3.36. The predicted octanol–water partition coefficient (Wildman–Crippen LogP) is -0.766. The van der Waals surface area contributed by atoms with Crippen LogP contribution in [0.2, 0.25) is 0 Å². The summed E-state index contributed by atoms with van der Waals surface area (Å²) in [6.07, 6.45) is -3.49. The molecule has 1 unspecified atom stereocenters. The van der Waals surface area contributed by atoms with Crippen molar-refractivity contribution in [2.75, 3.05) is 25.2 Å². The van der Waals surface area contributed by atoms with E-state index in [1.165, 1.54) is 18.0 Å². The van der Waals surface area contributed by atoms with Gasteiger partial charge in [-0.2, -0.15) is 9.97 Å². The number of halogens is 1. The molecule has 0 amide bonds. The molecular formula is C11H15FN6O3. The molecule has 2 aromatic heterocycles. The van der Waals surface area contributed by atoms with Gasteiger partial charge in [0.05, 0.1) is 12.9 Å². The minimum atomic E-state index is -1.65. The highest BCUT2D eigenvalue weighted by Gasteiger charge is 2.45. The third kappa shape index (κ3) is 2.17. The van der Waals surface area contributed by atoms with E-state index in [4.69, 9.17) is 20.9 Å². The van der Waals surface area contributed by atoms with Gasteiger partial charge in [-0.05, 0) is 0 Å². The van der Waals surface area contributed by atoms with E-state index < -0.39 is 24.6 Å². The summed E-state index contributed by atoms with van der Waals surface area (Å²) in [5.74, 6) is 0.0443. The number of rotatable bonds is 3.